The van der Waals surface area contributed by atoms with Crippen LogP contribution >= 0.6 is 0 Å². The summed E-state index contributed by atoms with van der Waals surface area (Å²) in [5.74, 6) is -0.762. The Balaban J connectivity index is 2.18. The predicted octanol–water partition coefficient (Wildman–Crippen LogP) is 0.916. The van der Waals surface area contributed by atoms with Crippen LogP contribution in [-0.4, -0.2) is 30.5 Å². The van der Waals surface area contributed by atoms with E-state index >= 15 is 0 Å². The molecule has 2 rings (SSSR count). The monoisotopic (exact) mass is 234 g/mol. The third-order valence-electron chi connectivity index (χ3n) is 2.83. The van der Waals surface area contributed by atoms with Crippen molar-refractivity contribution < 1.29 is 14.3 Å². The molecule has 90 valence electrons. The fourth-order valence-electron chi connectivity index (χ4n) is 1.97. The number of hydrogen-bond acceptors (Lipinski definition) is 4. The first-order chi connectivity index (χ1) is 8.11. The van der Waals surface area contributed by atoms with E-state index in [-0.39, 0.29) is 24.2 Å². The second-order valence-electron chi connectivity index (χ2n) is 4.15. The fraction of sp³-hybridized carbons (Fsp3) is 0.417. The van der Waals surface area contributed by atoms with Gasteiger partial charge in [-0.1, -0.05) is 0 Å². The van der Waals surface area contributed by atoms with Crippen LogP contribution in [0.5, 0.6) is 0 Å². The van der Waals surface area contributed by atoms with Crippen LogP contribution in [0.3, 0.4) is 0 Å². The van der Waals surface area contributed by atoms with Gasteiger partial charge in [0.25, 0.3) is 0 Å². The highest BCUT2D eigenvalue weighted by Gasteiger charge is 2.35. The average molecular weight is 234 g/mol. The Morgan fingerprint density at radius 1 is 1.53 bits per heavy atom. The zero-order chi connectivity index (χ0) is 12.4. The van der Waals surface area contributed by atoms with Gasteiger partial charge in [0.1, 0.15) is 0 Å². The van der Waals surface area contributed by atoms with Gasteiger partial charge in [0.15, 0.2) is 0 Å². The van der Waals surface area contributed by atoms with Gasteiger partial charge >= 0.3 is 5.97 Å². The van der Waals surface area contributed by atoms with E-state index in [0.29, 0.717) is 6.54 Å². The highest BCUT2D eigenvalue weighted by atomic mass is 16.5. The predicted molar refractivity (Wildman–Crippen MR) is 61.5 cm³/mol. The van der Waals surface area contributed by atoms with Crippen LogP contribution in [0, 0.1) is 12.8 Å². The van der Waals surface area contributed by atoms with Crippen molar-refractivity contribution in [3.63, 3.8) is 0 Å². The summed E-state index contributed by atoms with van der Waals surface area (Å²) in [6.07, 6.45) is 3.56. The maximum Gasteiger partial charge on any atom is 0.311 e. The number of nitrogens with zero attached hydrogens (tertiary/aromatic N) is 2. The average Bonchev–Trinajstić information content (AvgIpc) is 2.70. The van der Waals surface area contributed by atoms with Gasteiger partial charge in [-0.3, -0.25) is 14.6 Å². The molecular weight excluding hydrogens is 220 g/mol. The first-order valence-electron chi connectivity index (χ1n) is 5.41. The van der Waals surface area contributed by atoms with Crippen LogP contribution in [0.15, 0.2) is 18.5 Å². The molecule has 1 aromatic rings. The van der Waals surface area contributed by atoms with Gasteiger partial charge in [-0.15, -0.1) is 0 Å². The molecule has 1 atom stereocenters. The Kier molecular flexibility index (Phi) is 3.08. The summed E-state index contributed by atoms with van der Waals surface area (Å²) < 4.78 is 4.66. The number of anilines is 1. The molecule has 17 heavy (non-hydrogen) atoms. The number of aryl methyl sites for hydroxylation is 1. The highest BCUT2D eigenvalue weighted by molar-refractivity contribution is 5.99. The van der Waals surface area contributed by atoms with E-state index in [1.54, 1.807) is 17.3 Å². The number of ether oxygens (including phenoxy) is 1. The molecule has 0 spiro atoms. The summed E-state index contributed by atoms with van der Waals surface area (Å²) in [4.78, 5) is 28.8. The molecule has 1 aliphatic heterocycles. The van der Waals surface area contributed by atoms with Crippen molar-refractivity contribution in [2.24, 2.45) is 5.92 Å². The van der Waals surface area contributed by atoms with Crippen LogP contribution in [0.4, 0.5) is 5.69 Å². The minimum Gasteiger partial charge on any atom is -0.469 e. The number of carbonyl (C=O) groups is 2. The van der Waals surface area contributed by atoms with Gasteiger partial charge in [-0.25, -0.2) is 0 Å². The molecule has 1 amide bonds. The third-order valence-corrected chi connectivity index (χ3v) is 2.83. The van der Waals surface area contributed by atoms with Crippen molar-refractivity contribution in [3.8, 4) is 0 Å². The Morgan fingerprint density at radius 2 is 2.29 bits per heavy atom. The molecule has 0 bridgehead atoms. The Morgan fingerprint density at radius 3 is 2.94 bits per heavy atom. The van der Waals surface area contributed by atoms with Gasteiger partial charge in [-0.05, 0) is 18.6 Å². The fourth-order valence-corrected chi connectivity index (χ4v) is 1.97. The molecule has 1 saturated heterocycles. The van der Waals surface area contributed by atoms with Crippen molar-refractivity contribution in [2.75, 3.05) is 18.6 Å². The lowest BCUT2D eigenvalue weighted by Gasteiger charge is -2.16. The Bertz CT molecular complexity index is 459. The SMILES string of the molecule is COC(=O)C1CC(=O)N(c2cncc(C)c2)C1. The van der Waals surface area contributed by atoms with E-state index in [4.69, 9.17) is 0 Å². The summed E-state index contributed by atoms with van der Waals surface area (Å²) in [6, 6.07) is 1.88. The molecule has 0 aliphatic carbocycles. The second-order valence-corrected chi connectivity index (χ2v) is 4.15. The van der Waals surface area contributed by atoms with Gasteiger partial charge < -0.3 is 9.64 Å². The second kappa shape index (κ2) is 4.53. The number of carbonyl (C=O) groups excluding carboxylic acids is 2. The van der Waals surface area contributed by atoms with Gasteiger partial charge in [0.2, 0.25) is 5.91 Å². The minimum atomic E-state index is -0.368. The normalized spacial score (nSPS) is 19.5. The zero-order valence-corrected chi connectivity index (χ0v) is 9.84. The summed E-state index contributed by atoms with van der Waals surface area (Å²) in [5, 5.41) is 0. The lowest BCUT2D eigenvalue weighted by molar-refractivity contribution is -0.145. The topological polar surface area (TPSA) is 59.5 Å². The van der Waals surface area contributed by atoms with Crippen molar-refractivity contribution in [2.45, 2.75) is 13.3 Å². The molecule has 0 N–H and O–H groups in total. The quantitative estimate of drug-likeness (QED) is 0.714. The number of pyridine rings is 1. The van der Waals surface area contributed by atoms with Crippen LogP contribution < -0.4 is 4.90 Å². The van der Waals surface area contributed by atoms with Crippen LogP contribution in [0.2, 0.25) is 0 Å². The largest absolute Gasteiger partial charge is 0.469 e. The third kappa shape index (κ3) is 2.27. The molecule has 5 heteroatoms. The van der Waals surface area contributed by atoms with Crippen molar-refractivity contribution in [1.29, 1.82) is 0 Å². The number of esters is 1. The molecule has 1 fully saturated rings. The molecule has 1 unspecified atom stereocenters. The first-order valence-corrected chi connectivity index (χ1v) is 5.41. The van der Waals surface area contributed by atoms with E-state index in [1.165, 1.54) is 7.11 Å². The van der Waals surface area contributed by atoms with Crippen molar-refractivity contribution in [1.82, 2.24) is 4.98 Å². The summed E-state index contributed by atoms with van der Waals surface area (Å²) in [6.45, 7) is 2.28. The van der Waals surface area contributed by atoms with Crippen LogP contribution in [-0.2, 0) is 14.3 Å². The number of methoxy groups -OCH3 is 1. The zero-order valence-electron chi connectivity index (χ0n) is 9.84. The number of amides is 1. The molecule has 1 aliphatic rings. The summed E-state index contributed by atoms with van der Waals surface area (Å²) >= 11 is 0. The number of hydrogen-bond donors (Lipinski definition) is 0. The van der Waals surface area contributed by atoms with E-state index in [1.807, 2.05) is 13.0 Å². The smallest absolute Gasteiger partial charge is 0.311 e. The molecule has 0 radical (unpaired) electrons. The highest BCUT2D eigenvalue weighted by Crippen LogP contribution is 2.25. The van der Waals surface area contributed by atoms with Crippen molar-refractivity contribution >= 4 is 17.6 Å². The van der Waals surface area contributed by atoms with E-state index in [0.717, 1.165) is 11.3 Å². The summed E-state index contributed by atoms with van der Waals surface area (Å²) in [7, 11) is 1.34. The summed E-state index contributed by atoms with van der Waals surface area (Å²) in [5.41, 5.74) is 1.72. The van der Waals surface area contributed by atoms with Crippen LogP contribution in [0.1, 0.15) is 12.0 Å². The van der Waals surface area contributed by atoms with E-state index in [2.05, 4.69) is 9.72 Å². The number of aromatic nitrogens is 1. The van der Waals surface area contributed by atoms with Gasteiger partial charge in [0.05, 0.1) is 24.9 Å². The standard InChI is InChI=1S/C12H14N2O3/c1-8-3-10(6-13-5-8)14-7-9(4-11(14)15)12(16)17-2/h3,5-6,9H,4,7H2,1-2H3. The van der Waals surface area contributed by atoms with Crippen LogP contribution in [0.25, 0.3) is 0 Å². The van der Waals surface area contributed by atoms with Gasteiger partial charge in [-0.2, -0.15) is 0 Å². The molecule has 0 aromatic carbocycles. The van der Waals surface area contributed by atoms with Crippen molar-refractivity contribution in [3.05, 3.63) is 24.0 Å². The molecular formula is C12H14N2O3. The molecule has 1 aromatic heterocycles. The van der Waals surface area contributed by atoms with Gasteiger partial charge in [0, 0.05) is 19.2 Å². The minimum absolute atomic E-state index is 0.0622. The Hall–Kier alpha value is -1.91. The van der Waals surface area contributed by atoms with E-state index in [9.17, 15) is 9.59 Å². The molecule has 2 heterocycles. The van der Waals surface area contributed by atoms with E-state index < -0.39 is 0 Å². The molecule has 5 nitrogen and oxygen atoms in total. The first kappa shape index (κ1) is 11.6. The maximum atomic E-state index is 11.8. The lowest BCUT2D eigenvalue weighted by Crippen LogP contribution is -2.26. The Labute approximate surface area is 99.4 Å². The molecule has 0 saturated carbocycles. The lowest BCUT2D eigenvalue weighted by atomic mass is 10.1. The number of rotatable bonds is 2. The maximum absolute atomic E-state index is 11.8.